The molecule has 2 saturated heterocycles. The number of carbonyl (C=O) groups excluding carboxylic acids is 1. The molecule has 1 aromatic carbocycles. The van der Waals surface area contributed by atoms with E-state index in [0.29, 0.717) is 67.3 Å². The highest BCUT2D eigenvalue weighted by atomic mass is 19.1. The van der Waals surface area contributed by atoms with Crippen molar-refractivity contribution in [2.45, 2.75) is 45.6 Å². The highest BCUT2D eigenvalue weighted by molar-refractivity contribution is 5.92. The number of amides is 1. The van der Waals surface area contributed by atoms with Crippen molar-refractivity contribution >= 4 is 28.4 Å². The molecule has 1 amide bonds. The number of fused-ring (bicyclic) bond motifs is 5. The number of halogens is 2. The van der Waals surface area contributed by atoms with Gasteiger partial charge in [0, 0.05) is 49.5 Å². The molecule has 2 fully saturated rings. The van der Waals surface area contributed by atoms with Gasteiger partial charge in [-0.1, -0.05) is 26.5 Å². The fraction of sp³-hybridized carbons (Fsp3) is 0.364. The third-order valence-corrected chi connectivity index (χ3v) is 9.41. The number of aryl methyl sites for hydroxylation is 1. The average Bonchev–Trinajstić information content (AvgIpc) is 2.97. The lowest BCUT2D eigenvalue weighted by atomic mass is 9.66. The molecular formula is C33H33F2N7O2. The van der Waals surface area contributed by atoms with Crippen LogP contribution in [0.25, 0.3) is 28.0 Å². The second-order valence-corrected chi connectivity index (χ2v) is 12.4. The molecule has 4 aromatic rings. The number of aromatic nitrogens is 4. The second kappa shape index (κ2) is 10.2. The van der Waals surface area contributed by atoms with Crippen molar-refractivity contribution in [3.05, 3.63) is 82.6 Å². The number of anilines is 2. The van der Waals surface area contributed by atoms with Crippen molar-refractivity contribution in [1.82, 2.24) is 24.4 Å². The smallest absolute Gasteiger partial charge is 0.355 e. The maximum absolute atomic E-state index is 16.2. The molecule has 7 rings (SSSR count). The van der Waals surface area contributed by atoms with E-state index >= 15 is 8.78 Å². The molecule has 1 N–H and O–H groups in total. The maximum Gasteiger partial charge on any atom is 0.355 e. The molecular weight excluding hydrogens is 564 g/mol. The Hall–Kier alpha value is -4.67. The van der Waals surface area contributed by atoms with Gasteiger partial charge >= 0.3 is 5.69 Å². The largest absolute Gasteiger partial charge is 0.384 e. The third kappa shape index (κ3) is 4.12. The summed E-state index contributed by atoms with van der Waals surface area (Å²) in [4.78, 5) is 43.9. The number of nitrogens with zero attached hydrogens (tertiary/aromatic N) is 6. The second-order valence-electron chi connectivity index (χ2n) is 12.4. The Morgan fingerprint density at radius 3 is 2.68 bits per heavy atom. The highest BCUT2D eigenvalue weighted by Gasteiger charge is 2.58. The van der Waals surface area contributed by atoms with Crippen molar-refractivity contribution in [1.29, 1.82) is 0 Å². The van der Waals surface area contributed by atoms with Gasteiger partial charge in [0.1, 0.15) is 17.3 Å². The van der Waals surface area contributed by atoms with Gasteiger partial charge in [-0.3, -0.25) is 9.78 Å². The Labute approximate surface area is 253 Å². The molecule has 3 aliphatic heterocycles. The van der Waals surface area contributed by atoms with Crippen molar-refractivity contribution in [3.8, 4) is 16.9 Å². The molecule has 6 heterocycles. The Bertz CT molecular complexity index is 1910. The molecule has 11 heteroatoms. The highest BCUT2D eigenvalue weighted by Crippen LogP contribution is 2.48. The van der Waals surface area contributed by atoms with Crippen molar-refractivity contribution in [3.63, 3.8) is 0 Å². The summed E-state index contributed by atoms with van der Waals surface area (Å²) in [5.74, 6) is -1.17. The Morgan fingerprint density at radius 1 is 1.16 bits per heavy atom. The van der Waals surface area contributed by atoms with E-state index in [0.717, 1.165) is 5.56 Å². The molecule has 0 unspecified atom stereocenters. The van der Waals surface area contributed by atoms with E-state index in [1.54, 1.807) is 23.2 Å². The van der Waals surface area contributed by atoms with Crippen LogP contribution in [0.5, 0.6) is 0 Å². The lowest BCUT2D eigenvalue weighted by Crippen LogP contribution is -2.77. The Balaban J connectivity index is 1.48. The fourth-order valence-electron chi connectivity index (χ4n) is 6.96. The lowest BCUT2D eigenvalue weighted by Gasteiger charge is -2.65. The number of hydrogen-bond acceptors (Lipinski definition) is 7. The zero-order valence-corrected chi connectivity index (χ0v) is 24.9. The average molecular weight is 598 g/mol. The SMILES string of the molecule is C=CC(=O)N1CC2(C1)CN(c1nc(=O)n3c4nc(c(F)cc14)-c1c(F)cccc1NCCCc1ccnc(C(C)C)c1-3)[C@@H]2C. The number of benzene rings is 1. The van der Waals surface area contributed by atoms with Gasteiger partial charge in [-0.2, -0.15) is 4.98 Å². The summed E-state index contributed by atoms with van der Waals surface area (Å²) in [6.45, 7) is 11.8. The molecule has 0 saturated carbocycles. The molecule has 0 radical (unpaired) electrons. The van der Waals surface area contributed by atoms with E-state index in [1.165, 1.54) is 22.8 Å². The summed E-state index contributed by atoms with van der Waals surface area (Å²) >= 11 is 0. The monoisotopic (exact) mass is 597 g/mol. The topological polar surface area (TPSA) is 96.3 Å². The van der Waals surface area contributed by atoms with Crippen molar-refractivity contribution in [2.24, 2.45) is 5.41 Å². The van der Waals surface area contributed by atoms with Gasteiger partial charge in [0.25, 0.3) is 0 Å². The first-order chi connectivity index (χ1) is 21.1. The standard InChI is InChI=1S/C33H33F2N7O2/c1-5-25(43)40-15-33(16-40)17-41(19(33)4)30-21-14-23(35)28-26-22(34)9-6-10-24(26)36-12-7-8-20-11-13-37-27(18(2)3)29(20)42(31(21)38-28)32(44)39-30/h5-6,9-11,13-14,18-19,36H,1,7-8,12,15-17H2,2-4H3/t19-/m1/s1. The van der Waals surface area contributed by atoms with E-state index in [-0.39, 0.29) is 40.2 Å². The molecule has 1 spiro atoms. The van der Waals surface area contributed by atoms with Crippen LogP contribution in [0, 0.1) is 17.0 Å². The molecule has 226 valence electrons. The summed E-state index contributed by atoms with van der Waals surface area (Å²) in [5.41, 5.74) is 1.90. The number of carbonyl (C=O) groups is 1. The van der Waals surface area contributed by atoms with Crippen LogP contribution in [0.15, 0.2) is 54.0 Å². The van der Waals surface area contributed by atoms with E-state index in [1.807, 2.05) is 31.7 Å². The van der Waals surface area contributed by atoms with Gasteiger partial charge in [0.2, 0.25) is 5.91 Å². The number of nitrogens with one attached hydrogen (secondary N) is 1. The zero-order chi connectivity index (χ0) is 30.9. The van der Waals surface area contributed by atoms with E-state index in [9.17, 15) is 9.59 Å². The van der Waals surface area contributed by atoms with Crippen LogP contribution < -0.4 is 15.9 Å². The van der Waals surface area contributed by atoms with E-state index in [2.05, 4.69) is 21.9 Å². The van der Waals surface area contributed by atoms with Crippen LogP contribution in [-0.4, -0.2) is 62.5 Å². The number of rotatable bonds is 3. The Kier molecular flexibility index (Phi) is 6.53. The first kappa shape index (κ1) is 28.1. The van der Waals surface area contributed by atoms with Gasteiger partial charge < -0.3 is 15.1 Å². The van der Waals surface area contributed by atoms with Crippen LogP contribution in [0.3, 0.4) is 0 Å². The number of likely N-dealkylation sites (tertiary alicyclic amines) is 1. The van der Waals surface area contributed by atoms with Crippen LogP contribution in [0.1, 0.15) is 44.4 Å². The van der Waals surface area contributed by atoms with Gasteiger partial charge in [0.05, 0.1) is 22.3 Å². The summed E-state index contributed by atoms with van der Waals surface area (Å²) < 4.78 is 33.0. The van der Waals surface area contributed by atoms with E-state index in [4.69, 9.17) is 4.98 Å². The summed E-state index contributed by atoms with van der Waals surface area (Å²) in [6.07, 6.45) is 4.34. The lowest BCUT2D eigenvalue weighted by molar-refractivity contribution is -0.142. The first-order valence-corrected chi connectivity index (χ1v) is 15.0. The van der Waals surface area contributed by atoms with Gasteiger partial charge in [-0.25, -0.2) is 23.1 Å². The quantitative estimate of drug-likeness (QED) is 0.338. The predicted molar refractivity (Wildman–Crippen MR) is 165 cm³/mol. The molecule has 3 aromatic heterocycles. The number of hydrogen-bond donors (Lipinski definition) is 1. The molecule has 0 aliphatic carbocycles. The van der Waals surface area contributed by atoms with Gasteiger partial charge in [0.15, 0.2) is 11.5 Å². The minimum Gasteiger partial charge on any atom is -0.384 e. The summed E-state index contributed by atoms with van der Waals surface area (Å²) in [7, 11) is 0. The number of pyridine rings is 2. The first-order valence-electron chi connectivity index (χ1n) is 15.0. The van der Waals surface area contributed by atoms with Crippen molar-refractivity contribution in [2.75, 3.05) is 36.4 Å². The third-order valence-electron chi connectivity index (χ3n) is 9.41. The van der Waals surface area contributed by atoms with Gasteiger partial charge in [-0.15, -0.1) is 0 Å². The molecule has 44 heavy (non-hydrogen) atoms. The predicted octanol–water partition coefficient (Wildman–Crippen LogP) is 4.83. The zero-order valence-electron chi connectivity index (χ0n) is 24.9. The van der Waals surface area contributed by atoms with Crippen LogP contribution in [-0.2, 0) is 11.2 Å². The summed E-state index contributed by atoms with van der Waals surface area (Å²) in [6, 6.07) is 7.69. The molecule has 9 nitrogen and oxygen atoms in total. The molecule has 2 bridgehead atoms. The molecule has 3 aliphatic rings. The molecule has 1 atom stereocenters. The Morgan fingerprint density at radius 2 is 1.95 bits per heavy atom. The van der Waals surface area contributed by atoms with Gasteiger partial charge in [-0.05, 0) is 61.6 Å². The minimum atomic E-state index is -0.722. The summed E-state index contributed by atoms with van der Waals surface area (Å²) in [5, 5.41) is 3.61. The van der Waals surface area contributed by atoms with E-state index < -0.39 is 17.3 Å². The fourth-order valence-corrected chi connectivity index (χ4v) is 6.96. The van der Waals surface area contributed by atoms with Crippen molar-refractivity contribution < 1.29 is 13.6 Å². The minimum absolute atomic E-state index is 0.0121. The van der Waals surface area contributed by atoms with Crippen LogP contribution in [0.2, 0.25) is 0 Å². The maximum atomic E-state index is 16.2. The normalized spacial score (nSPS) is 18.5. The van der Waals surface area contributed by atoms with Crippen LogP contribution >= 0.6 is 0 Å². The van der Waals surface area contributed by atoms with Crippen LogP contribution in [0.4, 0.5) is 20.3 Å².